The van der Waals surface area contributed by atoms with Gasteiger partial charge in [0.15, 0.2) is 0 Å². The van der Waals surface area contributed by atoms with Crippen molar-refractivity contribution in [3.63, 3.8) is 0 Å². The summed E-state index contributed by atoms with van der Waals surface area (Å²) in [6, 6.07) is 0. The molecule has 0 fully saturated rings. The summed E-state index contributed by atoms with van der Waals surface area (Å²) in [5, 5.41) is 0. The van der Waals surface area contributed by atoms with Gasteiger partial charge in [-0.05, 0) is 0 Å². The standard InChI is InChI=1S/C5H5.C2H5.Hf.2H/c1-2-4-5-3-1;1-2;;;/h1-3H,4H2;1H2,2H3;;;/q;;+2;2*-1. The zero-order chi connectivity index (χ0) is 5.82. The van der Waals surface area contributed by atoms with Crippen molar-refractivity contribution in [3.05, 3.63) is 21.6 Å². The molecule has 0 nitrogen and oxygen atoms in total. The van der Waals surface area contributed by atoms with E-state index in [2.05, 4.69) is 25.2 Å². The number of rotatable bonds is 2. The van der Waals surface area contributed by atoms with Gasteiger partial charge in [0.05, 0.1) is 0 Å². The molecule has 0 atom stereocenters. The van der Waals surface area contributed by atoms with Gasteiger partial charge < -0.3 is 2.85 Å². The van der Waals surface area contributed by atoms with Crippen LogP contribution in [0.2, 0.25) is 4.18 Å². The van der Waals surface area contributed by atoms with Crippen LogP contribution in [0, 0.1) is 0 Å². The second kappa shape index (κ2) is 3.39. The molecular formula is C7H12Hf. The predicted molar refractivity (Wildman–Crippen MR) is 34.5 cm³/mol. The van der Waals surface area contributed by atoms with E-state index in [-0.39, 0.29) is 25.8 Å². The van der Waals surface area contributed by atoms with Crippen molar-refractivity contribution < 1.29 is 25.8 Å². The summed E-state index contributed by atoms with van der Waals surface area (Å²) in [6.45, 7) is 2.31. The molecule has 44 valence electrons. The van der Waals surface area contributed by atoms with E-state index in [1.54, 1.807) is 3.33 Å². The van der Waals surface area contributed by atoms with Gasteiger partial charge in [0.1, 0.15) is 0 Å². The van der Waals surface area contributed by atoms with E-state index < -0.39 is 0 Å². The summed E-state index contributed by atoms with van der Waals surface area (Å²) in [4.78, 5) is 0. The molecule has 8 heavy (non-hydrogen) atoms. The molecule has 0 spiro atoms. The number of hydrogen-bond donors (Lipinski definition) is 0. The van der Waals surface area contributed by atoms with E-state index in [9.17, 15) is 0 Å². The molecule has 0 heterocycles. The van der Waals surface area contributed by atoms with Crippen LogP contribution in [0.3, 0.4) is 0 Å². The molecule has 1 aliphatic carbocycles. The van der Waals surface area contributed by atoms with Crippen LogP contribution >= 0.6 is 0 Å². The Labute approximate surface area is 65.0 Å². The molecule has 1 heteroatoms. The Morgan fingerprint density at radius 2 is 2.75 bits per heavy atom. The minimum atomic E-state index is -0.238. The van der Waals surface area contributed by atoms with Crippen LogP contribution in [0.25, 0.3) is 0 Å². The molecule has 1 aliphatic rings. The third-order valence-electron chi connectivity index (χ3n) is 1.18. The summed E-state index contributed by atoms with van der Waals surface area (Å²) in [5.74, 6) is 0. The van der Waals surface area contributed by atoms with Gasteiger partial charge in [0.25, 0.3) is 0 Å². The summed E-state index contributed by atoms with van der Waals surface area (Å²) >= 11 is -0.238. The first kappa shape index (κ1) is 6.47. The fourth-order valence-electron chi connectivity index (χ4n) is 0.805. The summed E-state index contributed by atoms with van der Waals surface area (Å²) in [5.41, 5.74) is 0. The average molecular weight is 275 g/mol. The largest absolute Gasteiger partial charge is 1.00 e. The van der Waals surface area contributed by atoms with Crippen LogP contribution in [-0.4, -0.2) is 0 Å². The second-order valence-corrected chi connectivity index (χ2v) is 7.97. The van der Waals surface area contributed by atoms with Crippen LogP contribution in [-0.2, 0) is 22.9 Å². The minimum Gasteiger partial charge on any atom is -1.00 e. The molecule has 0 aromatic rings. The van der Waals surface area contributed by atoms with E-state index in [0.29, 0.717) is 0 Å². The van der Waals surface area contributed by atoms with Crippen molar-refractivity contribution in [2.75, 3.05) is 0 Å². The monoisotopic (exact) mass is 276 g/mol. The fraction of sp³-hybridized carbons (Fsp3) is 0.429. The van der Waals surface area contributed by atoms with Crippen LogP contribution in [0.5, 0.6) is 0 Å². The first-order valence-corrected chi connectivity index (χ1v) is 7.36. The summed E-state index contributed by atoms with van der Waals surface area (Å²) < 4.78 is 3.26. The second-order valence-electron chi connectivity index (χ2n) is 1.85. The van der Waals surface area contributed by atoms with E-state index in [0.717, 1.165) is 0 Å². The SMILES string of the molecule is C[CH2][Hf+2][C]1=CC=CC1.[H-].[H-]. The molecular weight excluding hydrogens is 263 g/mol. The van der Waals surface area contributed by atoms with Gasteiger partial charge in [0.2, 0.25) is 0 Å². The molecule has 0 radical (unpaired) electrons. The van der Waals surface area contributed by atoms with Gasteiger partial charge in [-0.3, -0.25) is 0 Å². The van der Waals surface area contributed by atoms with Crippen molar-refractivity contribution in [1.82, 2.24) is 0 Å². The maximum Gasteiger partial charge on any atom is -1.00 e. The molecule has 0 unspecified atom stereocenters. The third kappa shape index (κ3) is 1.70. The smallest absolute Gasteiger partial charge is 1.00 e. The van der Waals surface area contributed by atoms with Crippen LogP contribution < -0.4 is 0 Å². The molecule has 0 aromatic heterocycles. The van der Waals surface area contributed by atoms with Gasteiger partial charge in [-0.25, -0.2) is 0 Å². The van der Waals surface area contributed by atoms with Crippen molar-refractivity contribution in [2.24, 2.45) is 0 Å². The first-order chi connectivity index (χ1) is 3.93. The molecule has 1 rings (SSSR count). The van der Waals surface area contributed by atoms with Gasteiger partial charge >= 0.3 is 62.0 Å². The van der Waals surface area contributed by atoms with Crippen LogP contribution in [0.1, 0.15) is 16.2 Å². The normalized spacial score (nSPS) is 15.9. The molecule has 0 saturated heterocycles. The van der Waals surface area contributed by atoms with Crippen molar-refractivity contribution in [3.8, 4) is 0 Å². The predicted octanol–water partition coefficient (Wildman–Crippen LogP) is 2.58. The Bertz CT molecular complexity index is 130. The maximum atomic E-state index is 2.31. The molecule has 0 bridgehead atoms. The zero-order valence-corrected chi connectivity index (χ0v) is 8.74. The minimum absolute atomic E-state index is 0. The molecule has 0 amide bonds. The number of hydrogen-bond acceptors (Lipinski definition) is 0. The van der Waals surface area contributed by atoms with Gasteiger partial charge in [-0.1, -0.05) is 0 Å². The Hall–Kier alpha value is 0.350. The van der Waals surface area contributed by atoms with E-state index in [4.69, 9.17) is 0 Å². The third-order valence-corrected chi connectivity index (χ3v) is 5.41. The number of allylic oxidation sites excluding steroid dienone is 4. The first-order valence-electron chi connectivity index (χ1n) is 3.03. The Morgan fingerprint density at radius 1 is 1.88 bits per heavy atom. The fourth-order valence-corrected chi connectivity index (χ4v) is 4.15. The molecule has 0 aliphatic heterocycles. The van der Waals surface area contributed by atoms with Crippen LogP contribution in [0.4, 0.5) is 0 Å². The molecule has 0 saturated carbocycles. The van der Waals surface area contributed by atoms with E-state index >= 15 is 0 Å². The van der Waals surface area contributed by atoms with Gasteiger partial charge in [-0.2, -0.15) is 0 Å². The van der Waals surface area contributed by atoms with Gasteiger partial charge in [0, 0.05) is 0 Å². The topological polar surface area (TPSA) is 0 Å². The van der Waals surface area contributed by atoms with Crippen molar-refractivity contribution in [1.29, 1.82) is 0 Å². The Balaban J connectivity index is 0. The average Bonchev–Trinajstić information content (AvgIpc) is 2.19. The quantitative estimate of drug-likeness (QED) is 0.679. The Kier molecular flexibility index (Phi) is 2.74. The zero-order valence-electron chi connectivity index (χ0n) is 7.15. The summed E-state index contributed by atoms with van der Waals surface area (Å²) in [7, 11) is 0. The van der Waals surface area contributed by atoms with Crippen molar-refractivity contribution in [2.45, 2.75) is 17.5 Å². The maximum absolute atomic E-state index is 2.31. The van der Waals surface area contributed by atoms with E-state index in [1.807, 2.05) is 0 Å². The van der Waals surface area contributed by atoms with E-state index in [1.165, 1.54) is 10.6 Å². The van der Waals surface area contributed by atoms with Crippen molar-refractivity contribution >= 4 is 0 Å². The van der Waals surface area contributed by atoms with Crippen LogP contribution in [0.15, 0.2) is 21.6 Å². The van der Waals surface area contributed by atoms with Gasteiger partial charge in [-0.15, -0.1) is 0 Å². The Morgan fingerprint density at radius 3 is 3.25 bits per heavy atom. The molecule has 0 aromatic carbocycles. The summed E-state index contributed by atoms with van der Waals surface area (Å²) in [6.07, 6.45) is 8.06. The molecule has 0 N–H and O–H groups in total.